The zero-order valence-corrected chi connectivity index (χ0v) is 21.2. The predicted molar refractivity (Wildman–Crippen MR) is 138 cm³/mol. The molecular formula is C28H30F4N4O3. The van der Waals surface area contributed by atoms with Crippen molar-refractivity contribution >= 4 is 28.6 Å². The first-order valence-electron chi connectivity index (χ1n) is 13.1. The Morgan fingerprint density at radius 2 is 1.69 bits per heavy atom. The molecule has 208 valence electrons. The lowest BCUT2D eigenvalue weighted by Crippen LogP contribution is -2.52. The molecule has 2 aliphatic heterocycles. The van der Waals surface area contributed by atoms with E-state index in [0.29, 0.717) is 44.0 Å². The molecule has 5 rings (SSSR count). The molecule has 1 atom stereocenters. The standard InChI is InChI=1S/C28H30F4N4O3/c29-20-13-19(28(30,31)32)14-21(15-20)34-27(39)36-11-7-18(8-12-36)25(26(37)38)35-9-5-17(6-10-35)23-16-33-24-4-2-1-3-22(23)24/h1-4,13-18,25,33H,5-12H2,(H,34,39)(H,37,38). The number of nitrogens with zero attached hydrogens (tertiary/aromatic N) is 2. The van der Waals surface area contributed by atoms with Crippen molar-refractivity contribution in [2.24, 2.45) is 5.92 Å². The van der Waals surface area contributed by atoms with Crippen molar-refractivity contribution in [2.75, 3.05) is 31.5 Å². The van der Waals surface area contributed by atoms with Crippen LogP contribution in [0.25, 0.3) is 10.9 Å². The van der Waals surface area contributed by atoms with Crippen LogP contribution < -0.4 is 5.32 Å². The molecule has 2 aromatic carbocycles. The van der Waals surface area contributed by atoms with Crippen LogP contribution in [0.4, 0.5) is 28.0 Å². The summed E-state index contributed by atoms with van der Waals surface area (Å²) in [6.07, 6.45) is -0.0991. The molecule has 11 heteroatoms. The number of H-pyrrole nitrogens is 1. The fraction of sp³-hybridized carbons (Fsp3) is 0.429. The molecule has 1 unspecified atom stereocenters. The van der Waals surface area contributed by atoms with Gasteiger partial charge in [0.1, 0.15) is 11.9 Å². The normalized spacial score (nSPS) is 18.8. The van der Waals surface area contributed by atoms with Crippen molar-refractivity contribution in [3.05, 3.63) is 65.6 Å². The highest BCUT2D eigenvalue weighted by Crippen LogP contribution is 2.36. The van der Waals surface area contributed by atoms with Crippen LogP contribution in [0.1, 0.15) is 42.7 Å². The third-order valence-corrected chi connectivity index (χ3v) is 7.99. The first-order valence-corrected chi connectivity index (χ1v) is 13.1. The highest BCUT2D eigenvalue weighted by atomic mass is 19.4. The van der Waals surface area contributed by atoms with Gasteiger partial charge in [-0.2, -0.15) is 13.2 Å². The number of carbonyl (C=O) groups excluding carboxylic acids is 1. The zero-order valence-electron chi connectivity index (χ0n) is 21.2. The molecule has 2 amide bonds. The molecule has 2 fully saturated rings. The number of fused-ring (bicyclic) bond motifs is 1. The number of halogens is 4. The fourth-order valence-electron chi connectivity index (χ4n) is 6.02. The number of carboxylic acids is 1. The Kier molecular flexibility index (Phi) is 7.53. The molecule has 0 bridgehead atoms. The third kappa shape index (κ3) is 5.88. The topological polar surface area (TPSA) is 88.7 Å². The first kappa shape index (κ1) is 27.0. The summed E-state index contributed by atoms with van der Waals surface area (Å²) in [5.41, 5.74) is 0.884. The average molecular weight is 547 g/mol. The molecule has 39 heavy (non-hydrogen) atoms. The lowest BCUT2D eigenvalue weighted by atomic mass is 9.84. The average Bonchev–Trinajstić information content (AvgIpc) is 3.33. The number of hydrogen-bond acceptors (Lipinski definition) is 3. The van der Waals surface area contributed by atoms with Crippen LogP contribution in [-0.4, -0.2) is 64.1 Å². The highest BCUT2D eigenvalue weighted by Gasteiger charge is 2.38. The number of aromatic nitrogens is 1. The molecule has 2 aliphatic rings. The first-order chi connectivity index (χ1) is 18.6. The summed E-state index contributed by atoms with van der Waals surface area (Å²) in [6, 6.07) is 8.73. The summed E-state index contributed by atoms with van der Waals surface area (Å²) in [6.45, 7) is 1.83. The van der Waals surface area contributed by atoms with Crippen LogP contribution in [0.2, 0.25) is 0 Å². The molecule has 3 aromatic rings. The Morgan fingerprint density at radius 3 is 2.36 bits per heavy atom. The Hall–Kier alpha value is -3.60. The molecule has 1 aromatic heterocycles. The molecule has 0 saturated carbocycles. The number of nitrogens with one attached hydrogen (secondary N) is 2. The van der Waals surface area contributed by atoms with Crippen molar-refractivity contribution < 1.29 is 32.3 Å². The van der Waals surface area contributed by atoms with E-state index in [2.05, 4.69) is 16.4 Å². The number of carboxylic acid groups (broad SMARTS) is 1. The molecule has 2 saturated heterocycles. The van der Waals surface area contributed by atoms with Gasteiger partial charge in [-0.3, -0.25) is 9.69 Å². The van der Waals surface area contributed by atoms with Gasteiger partial charge in [0.15, 0.2) is 0 Å². The second-order valence-electron chi connectivity index (χ2n) is 10.4. The van der Waals surface area contributed by atoms with E-state index < -0.39 is 35.6 Å². The fourth-order valence-corrected chi connectivity index (χ4v) is 6.02. The van der Waals surface area contributed by atoms with E-state index in [-0.39, 0.29) is 24.7 Å². The van der Waals surface area contributed by atoms with Gasteiger partial charge in [-0.05, 0) is 80.4 Å². The number of aliphatic carboxylic acids is 1. The summed E-state index contributed by atoms with van der Waals surface area (Å²) in [5.74, 6) is -1.81. The molecule has 7 nitrogen and oxygen atoms in total. The third-order valence-electron chi connectivity index (χ3n) is 7.99. The molecule has 0 spiro atoms. The minimum atomic E-state index is -4.74. The van der Waals surface area contributed by atoms with E-state index in [0.717, 1.165) is 24.4 Å². The van der Waals surface area contributed by atoms with Crippen LogP contribution in [-0.2, 0) is 11.0 Å². The number of urea groups is 1. The molecular weight excluding hydrogens is 516 g/mol. The van der Waals surface area contributed by atoms with E-state index in [4.69, 9.17) is 0 Å². The summed E-state index contributed by atoms with van der Waals surface area (Å²) < 4.78 is 52.7. The maximum absolute atomic E-state index is 13.7. The minimum absolute atomic E-state index is 0.165. The Bertz CT molecular complexity index is 1340. The quantitative estimate of drug-likeness (QED) is 0.348. The van der Waals surface area contributed by atoms with E-state index in [1.807, 2.05) is 29.3 Å². The van der Waals surface area contributed by atoms with Gasteiger partial charge in [0, 0.05) is 35.9 Å². The maximum Gasteiger partial charge on any atom is 0.416 e. The number of piperidine rings is 2. The summed E-state index contributed by atoms with van der Waals surface area (Å²) in [4.78, 5) is 31.8. The van der Waals surface area contributed by atoms with E-state index in [1.54, 1.807) is 0 Å². The largest absolute Gasteiger partial charge is 0.480 e. The van der Waals surface area contributed by atoms with Gasteiger partial charge in [0.2, 0.25) is 0 Å². The molecule has 3 N–H and O–H groups in total. The summed E-state index contributed by atoms with van der Waals surface area (Å²) in [7, 11) is 0. The van der Waals surface area contributed by atoms with Crippen molar-refractivity contribution in [3.8, 4) is 0 Å². The second kappa shape index (κ2) is 10.9. The number of anilines is 1. The van der Waals surface area contributed by atoms with Gasteiger partial charge in [-0.25, -0.2) is 9.18 Å². The van der Waals surface area contributed by atoms with Gasteiger partial charge in [0.25, 0.3) is 0 Å². The second-order valence-corrected chi connectivity index (χ2v) is 10.4. The van der Waals surface area contributed by atoms with E-state index >= 15 is 0 Å². The lowest BCUT2D eigenvalue weighted by Gasteiger charge is -2.41. The number of aromatic amines is 1. The smallest absolute Gasteiger partial charge is 0.416 e. The van der Waals surface area contributed by atoms with Gasteiger partial charge >= 0.3 is 18.2 Å². The highest BCUT2D eigenvalue weighted by molar-refractivity contribution is 5.89. The van der Waals surface area contributed by atoms with E-state index in [9.17, 15) is 32.3 Å². The molecule has 3 heterocycles. The number of amides is 2. The maximum atomic E-state index is 13.7. The summed E-state index contributed by atoms with van der Waals surface area (Å²) >= 11 is 0. The van der Waals surface area contributed by atoms with Crippen LogP contribution in [0.5, 0.6) is 0 Å². The van der Waals surface area contributed by atoms with Crippen LogP contribution in [0, 0.1) is 11.7 Å². The van der Waals surface area contributed by atoms with Gasteiger partial charge < -0.3 is 20.3 Å². The Balaban J connectivity index is 1.17. The number of likely N-dealkylation sites (tertiary alicyclic amines) is 2. The van der Waals surface area contributed by atoms with E-state index in [1.165, 1.54) is 15.8 Å². The number of alkyl halides is 3. The lowest BCUT2D eigenvalue weighted by molar-refractivity contribution is -0.147. The monoisotopic (exact) mass is 546 g/mol. The van der Waals surface area contributed by atoms with Crippen molar-refractivity contribution in [1.82, 2.24) is 14.8 Å². The Morgan fingerprint density at radius 1 is 1.00 bits per heavy atom. The van der Waals surface area contributed by atoms with Crippen LogP contribution in [0.15, 0.2) is 48.7 Å². The predicted octanol–water partition coefficient (Wildman–Crippen LogP) is 5.90. The van der Waals surface area contributed by atoms with Crippen molar-refractivity contribution in [1.29, 1.82) is 0 Å². The van der Waals surface area contributed by atoms with Crippen LogP contribution in [0.3, 0.4) is 0 Å². The number of hydrogen-bond donors (Lipinski definition) is 3. The van der Waals surface area contributed by atoms with Gasteiger partial charge in [-0.15, -0.1) is 0 Å². The van der Waals surface area contributed by atoms with Gasteiger partial charge in [0.05, 0.1) is 5.56 Å². The number of para-hydroxylation sites is 1. The molecule has 0 aliphatic carbocycles. The number of carbonyl (C=O) groups is 2. The van der Waals surface area contributed by atoms with Crippen LogP contribution >= 0.6 is 0 Å². The summed E-state index contributed by atoms with van der Waals surface area (Å²) in [5, 5.41) is 13.6. The SMILES string of the molecule is O=C(O)C(C1CCN(C(=O)Nc2cc(F)cc(C(F)(F)F)c2)CC1)N1CCC(c2c[nH]c3ccccc23)CC1. The van der Waals surface area contributed by atoms with Crippen molar-refractivity contribution in [2.45, 2.75) is 43.8 Å². The van der Waals surface area contributed by atoms with Crippen molar-refractivity contribution in [3.63, 3.8) is 0 Å². The number of rotatable bonds is 5. The molecule has 0 radical (unpaired) electrons. The zero-order chi connectivity index (χ0) is 27.7. The van der Waals surface area contributed by atoms with Gasteiger partial charge in [-0.1, -0.05) is 18.2 Å². The number of benzene rings is 2. The Labute approximate surface area is 222 Å². The minimum Gasteiger partial charge on any atom is -0.480 e.